The summed E-state index contributed by atoms with van der Waals surface area (Å²) in [7, 11) is 0. The Morgan fingerprint density at radius 1 is 1.21 bits per heavy atom. The second-order valence-electron chi connectivity index (χ2n) is 4.10. The molecule has 4 nitrogen and oxygen atoms in total. The van der Waals surface area contributed by atoms with E-state index < -0.39 is 5.91 Å². The van der Waals surface area contributed by atoms with Gasteiger partial charge in [-0.1, -0.05) is 18.2 Å². The van der Waals surface area contributed by atoms with Gasteiger partial charge >= 0.3 is 0 Å². The van der Waals surface area contributed by atoms with E-state index in [1.165, 1.54) is 0 Å². The van der Waals surface area contributed by atoms with Gasteiger partial charge in [0.05, 0.1) is 6.42 Å². The van der Waals surface area contributed by atoms with Gasteiger partial charge in [-0.05, 0) is 29.1 Å². The first-order chi connectivity index (χ1) is 9.15. The number of primary amides is 1. The molecule has 0 aliphatic heterocycles. The molecule has 0 atom stereocenters. The normalized spacial score (nSPS) is 10.1. The smallest absolute Gasteiger partial charge is 0.248 e. The third-order valence-corrected chi connectivity index (χ3v) is 3.49. The summed E-state index contributed by atoms with van der Waals surface area (Å²) in [6.07, 6.45) is 0.382. The van der Waals surface area contributed by atoms with E-state index in [2.05, 4.69) is 5.32 Å². The molecule has 2 rings (SSSR count). The Balaban J connectivity index is 1.89. The Bertz CT molecular complexity index is 579. The van der Waals surface area contributed by atoms with E-state index in [0.717, 1.165) is 10.4 Å². The Kier molecular flexibility index (Phi) is 4.30. The number of rotatable bonds is 5. The molecular formula is C14H14N2O2S. The number of carbonyl (C=O) groups is 2. The fourth-order valence-corrected chi connectivity index (χ4v) is 2.37. The maximum atomic E-state index is 11.7. The predicted molar refractivity (Wildman–Crippen MR) is 74.8 cm³/mol. The number of carbonyl (C=O) groups excluding carboxylic acids is 2. The van der Waals surface area contributed by atoms with Crippen LogP contribution in [0.15, 0.2) is 41.8 Å². The highest BCUT2D eigenvalue weighted by atomic mass is 32.1. The third kappa shape index (κ3) is 3.93. The van der Waals surface area contributed by atoms with Gasteiger partial charge in [-0.25, -0.2) is 0 Å². The first kappa shape index (κ1) is 13.3. The minimum absolute atomic E-state index is 0.0353. The first-order valence-electron chi connectivity index (χ1n) is 5.83. The lowest BCUT2D eigenvalue weighted by Crippen LogP contribution is -2.24. The molecule has 0 radical (unpaired) electrons. The molecule has 2 aromatic rings. The molecule has 0 bridgehead atoms. The molecule has 0 unspecified atom stereocenters. The summed E-state index contributed by atoms with van der Waals surface area (Å²) in [5, 5.41) is 4.76. The standard InChI is InChI=1S/C14H14N2O2S/c15-14(18)11-4-1-3-10(7-11)9-16-13(17)8-12-5-2-6-19-12/h1-7H,8-9H2,(H2,15,18)(H,16,17). The fraction of sp³-hybridized carbons (Fsp3) is 0.143. The zero-order valence-electron chi connectivity index (χ0n) is 10.3. The van der Waals surface area contributed by atoms with E-state index in [9.17, 15) is 9.59 Å². The summed E-state index contributed by atoms with van der Waals surface area (Å²) in [6, 6.07) is 10.8. The van der Waals surface area contributed by atoms with Crippen LogP contribution in [0.3, 0.4) is 0 Å². The second-order valence-corrected chi connectivity index (χ2v) is 5.13. The highest BCUT2D eigenvalue weighted by Gasteiger charge is 2.05. The van der Waals surface area contributed by atoms with Crippen molar-refractivity contribution in [2.75, 3.05) is 0 Å². The lowest BCUT2D eigenvalue weighted by molar-refractivity contribution is -0.120. The fourth-order valence-electron chi connectivity index (χ4n) is 1.67. The lowest BCUT2D eigenvalue weighted by Gasteiger charge is -2.05. The highest BCUT2D eigenvalue weighted by molar-refractivity contribution is 7.10. The molecule has 1 aromatic carbocycles. The molecule has 0 fully saturated rings. The maximum absolute atomic E-state index is 11.7. The number of benzene rings is 1. The van der Waals surface area contributed by atoms with E-state index in [0.29, 0.717) is 18.5 Å². The van der Waals surface area contributed by atoms with Crippen molar-refractivity contribution in [3.63, 3.8) is 0 Å². The number of nitrogens with two attached hydrogens (primary N) is 1. The minimum atomic E-state index is -0.466. The molecule has 0 saturated heterocycles. The summed E-state index contributed by atoms with van der Waals surface area (Å²) in [6.45, 7) is 0.394. The molecule has 2 amide bonds. The Hall–Kier alpha value is -2.14. The van der Waals surface area contributed by atoms with Gasteiger partial charge in [0.25, 0.3) is 0 Å². The van der Waals surface area contributed by atoms with Crippen molar-refractivity contribution in [3.05, 3.63) is 57.8 Å². The molecule has 0 aliphatic rings. The topological polar surface area (TPSA) is 72.2 Å². The molecular weight excluding hydrogens is 260 g/mol. The van der Waals surface area contributed by atoms with Gasteiger partial charge in [-0.15, -0.1) is 11.3 Å². The lowest BCUT2D eigenvalue weighted by atomic mass is 10.1. The zero-order valence-corrected chi connectivity index (χ0v) is 11.1. The van der Waals surface area contributed by atoms with Gasteiger partial charge in [-0.3, -0.25) is 9.59 Å². The van der Waals surface area contributed by atoms with Gasteiger partial charge in [0.2, 0.25) is 11.8 Å². The summed E-state index contributed by atoms with van der Waals surface area (Å²) < 4.78 is 0. The molecule has 19 heavy (non-hydrogen) atoms. The van der Waals surface area contributed by atoms with Crippen molar-refractivity contribution >= 4 is 23.2 Å². The van der Waals surface area contributed by atoms with Gasteiger partial charge in [0.1, 0.15) is 0 Å². The number of thiophene rings is 1. The van der Waals surface area contributed by atoms with E-state index in [-0.39, 0.29) is 5.91 Å². The summed E-state index contributed by atoms with van der Waals surface area (Å²) in [5.41, 5.74) is 6.51. The SMILES string of the molecule is NC(=O)c1cccc(CNC(=O)Cc2cccs2)c1. The van der Waals surface area contributed by atoms with Crippen LogP contribution >= 0.6 is 11.3 Å². The first-order valence-corrected chi connectivity index (χ1v) is 6.71. The zero-order chi connectivity index (χ0) is 13.7. The van der Waals surface area contributed by atoms with Crippen LogP contribution in [-0.2, 0) is 17.8 Å². The van der Waals surface area contributed by atoms with E-state index in [1.54, 1.807) is 29.5 Å². The molecule has 3 N–H and O–H groups in total. The summed E-state index contributed by atoms with van der Waals surface area (Å²) >= 11 is 1.56. The van der Waals surface area contributed by atoms with E-state index in [4.69, 9.17) is 5.73 Å². The van der Waals surface area contributed by atoms with Crippen molar-refractivity contribution in [2.24, 2.45) is 5.73 Å². The monoisotopic (exact) mass is 274 g/mol. The summed E-state index contributed by atoms with van der Waals surface area (Å²) in [4.78, 5) is 23.8. The highest BCUT2D eigenvalue weighted by Crippen LogP contribution is 2.09. The second kappa shape index (κ2) is 6.15. The van der Waals surface area contributed by atoms with Crippen LogP contribution in [-0.4, -0.2) is 11.8 Å². The van der Waals surface area contributed by atoms with Gasteiger partial charge < -0.3 is 11.1 Å². The van der Waals surface area contributed by atoms with Crippen LogP contribution in [0.5, 0.6) is 0 Å². The van der Waals surface area contributed by atoms with Crippen LogP contribution in [0.4, 0.5) is 0 Å². The summed E-state index contributed by atoms with van der Waals surface area (Å²) in [5.74, 6) is -0.501. The van der Waals surface area contributed by atoms with Crippen LogP contribution in [0.1, 0.15) is 20.8 Å². The molecule has 1 heterocycles. The maximum Gasteiger partial charge on any atom is 0.248 e. The number of amides is 2. The van der Waals surface area contributed by atoms with Gasteiger partial charge in [0.15, 0.2) is 0 Å². The molecule has 5 heteroatoms. The number of hydrogen-bond acceptors (Lipinski definition) is 3. The van der Waals surface area contributed by atoms with Crippen LogP contribution in [0.25, 0.3) is 0 Å². The van der Waals surface area contributed by atoms with Crippen molar-refractivity contribution < 1.29 is 9.59 Å². The van der Waals surface area contributed by atoms with Crippen molar-refractivity contribution in [1.29, 1.82) is 0 Å². The van der Waals surface area contributed by atoms with Crippen LogP contribution in [0.2, 0.25) is 0 Å². The van der Waals surface area contributed by atoms with Crippen LogP contribution in [0, 0.1) is 0 Å². The average Bonchev–Trinajstić information content (AvgIpc) is 2.89. The third-order valence-electron chi connectivity index (χ3n) is 2.62. The van der Waals surface area contributed by atoms with Gasteiger partial charge in [0, 0.05) is 17.0 Å². The average molecular weight is 274 g/mol. The van der Waals surface area contributed by atoms with E-state index >= 15 is 0 Å². The van der Waals surface area contributed by atoms with Gasteiger partial charge in [-0.2, -0.15) is 0 Å². The number of nitrogens with one attached hydrogen (secondary N) is 1. The Labute approximate surface area is 115 Å². The van der Waals surface area contributed by atoms with Crippen LogP contribution < -0.4 is 11.1 Å². The van der Waals surface area contributed by atoms with Crippen molar-refractivity contribution in [1.82, 2.24) is 5.32 Å². The molecule has 0 spiro atoms. The van der Waals surface area contributed by atoms with E-state index in [1.807, 2.05) is 23.6 Å². The Morgan fingerprint density at radius 2 is 2.05 bits per heavy atom. The molecule has 98 valence electrons. The molecule has 1 aromatic heterocycles. The largest absolute Gasteiger partial charge is 0.366 e. The number of hydrogen-bond donors (Lipinski definition) is 2. The van der Waals surface area contributed by atoms with Crippen molar-refractivity contribution in [2.45, 2.75) is 13.0 Å². The predicted octanol–water partition coefficient (Wildman–Crippen LogP) is 1.71. The Morgan fingerprint density at radius 3 is 2.74 bits per heavy atom. The van der Waals surface area contributed by atoms with Crippen molar-refractivity contribution in [3.8, 4) is 0 Å². The molecule has 0 aliphatic carbocycles. The quantitative estimate of drug-likeness (QED) is 0.871. The molecule has 0 saturated carbocycles. The minimum Gasteiger partial charge on any atom is -0.366 e.